The summed E-state index contributed by atoms with van der Waals surface area (Å²) in [6, 6.07) is 13.9. The third-order valence-electron chi connectivity index (χ3n) is 10.7. The first-order valence-electron chi connectivity index (χ1n) is 18.8. The Bertz CT molecular complexity index is 1930. The SMILES string of the molecule is CC(C)Oc1cc2nc([C@H]3CC[C@H](CN4CCC(c5ccc(NC6CCC(=O)NC6=O)cc5)CC4)CC3)cn2cc1C(=O)Nc1cccc(C(F)F)n1. The molecule has 280 valence electrons. The summed E-state index contributed by atoms with van der Waals surface area (Å²) in [6.07, 6.45) is 8.25. The summed E-state index contributed by atoms with van der Waals surface area (Å²) in [7, 11) is 0. The molecule has 2 saturated heterocycles. The van der Waals surface area contributed by atoms with Crippen molar-refractivity contribution in [2.75, 3.05) is 30.3 Å². The predicted octanol–water partition coefficient (Wildman–Crippen LogP) is 7.08. The van der Waals surface area contributed by atoms with E-state index in [0.717, 1.165) is 69.5 Å². The lowest BCUT2D eigenvalue weighted by Gasteiger charge is -2.36. The number of carbonyl (C=O) groups excluding carboxylic acids is 3. The molecule has 13 heteroatoms. The number of imidazole rings is 1. The molecule has 0 radical (unpaired) electrons. The fourth-order valence-electron chi connectivity index (χ4n) is 7.92. The molecule has 53 heavy (non-hydrogen) atoms. The molecule has 1 atom stereocenters. The summed E-state index contributed by atoms with van der Waals surface area (Å²) in [6.45, 7) is 7.03. The van der Waals surface area contributed by atoms with Crippen molar-refractivity contribution in [1.82, 2.24) is 24.6 Å². The van der Waals surface area contributed by atoms with Gasteiger partial charge in [0.05, 0.1) is 17.4 Å². The van der Waals surface area contributed by atoms with E-state index < -0.39 is 18.0 Å². The van der Waals surface area contributed by atoms with Crippen molar-refractivity contribution >= 4 is 34.9 Å². The highest BCUT2D eigenvalue weighted by Crippen LogP contribution is 2.38. The maximum absolute atomic E-state index is 13.4. The van der Waals surface area contributed by atoms with Crippen LogP contribution in [0.1, 0.15) is 111 Å². The minimum absolute atomic E-state index is 0.0451. The Balaban J connectivity index is 0.911. The molecule has 4 aromatic rings. The van der Waals surface area contributed by atoms with Crippen molar-refractivity contribution < 1.29 is 27.9 Å². The molecule has 3 N–H and O–H groups in total. The lowest BCUT2D eigenvalue weighted by Crippen LogP contribution is -2.47. The molecule has 3 aliphatic rings. The summed E-state index contributed by atoms with van der Waals surface area (Å²) in [5, 5.41) is 8.31. The number of likely N-dealkylation sites (tertiary alicyclic amines) is 1. The first-order chi connectivity index (χ1) is 25.6. The molecular weight excluding hydrogens is 680 g/mol. The fourth-order valence-corrected chi connectivity index (χ4v) is 7.92. The van der Waals surface area contributed by atoms with Crippen LogP contribution in [0.15, 0.2) is 60.9 Å². The van der Waals surface area contributed by atoms with Crippen LogP contribution >= 0.6 is 0 Å². The number of alkyl halides is 2. The number of benzene rings is 1. The molecule has 1 aromatic carbocycles. The molecule has 0 spiro atoms. The van der Waals surface area contributed by atoms with Crippen molar-refractivity contribution in [2.24, 2.45) is 5.92 Å². The number of fused-ring (bicyclic) bond motifs is 1. The van der Waals surface area contributed by atoms with Gasteiger partial charge < -0.3 is 24.7 Å². The average molecular weight is 728 g/mol. The van der Waals surface area contributed by atoms with Crippen LogP contribution in [0.25, 0.3) is 5.65 Å². The Hall–Kier alpha value is -4.91. The van der Waals surface area contributed by atoms with Crippen LogP contribution < -0.4 is 20.7 Å². The van der Waals surface area contributed by atoms with Crippen LogP contribution in [-0.4, -0.2) is 68.8 Å². The van der Waals surface area contributed by atoms with E-state index in [1.807, 2.05) is 36.6 Å². The predicted molar refractivity (Wildman–Crippen MR) is 197 cm³/mol. The number of nitrogens with one attached hydrogen (secondary N) is 3. The Morgan fingerprint density at radius 2 is 1.70 bits per heavy atom. The third-order valence-corrected chi connectivity index (χ3v) is 10.7. The van der Waals surface area contributed by atoms with Gasteiger partial charge in [0.1, 0.15) is 29.0 Å². The monoisotopic (exact) mass is 727 g/mol. The second-order valence-corrected chi connectivity index (χ2v) is 14.9. The minimum Gasteiger partial charge on any atom is -0.490 e. The van der Waals surface area contributed by atoms with E-state index in [0.29, 0.717) is 42.0 Å². The quantitative estimate of drug-likeness (QED) is 0.140. The lowest BCUT2D eigenvalue weighted by molar-refractivity contribution is -0.133. The first kappa shape index (κ1) is 36.4. The largest absolute Gasteiger partial charge is 0.490 e. The molecule has 3 fully saturated rings. The number of nitrogens with zero attached hydrogens (tertiary/aromatic N) is 4. The number of piperidine rings is 2. The van der Waals surface area contributed by atoms with Crippen LogP contribution in [0.4, 0.5) is 20.3 Å². The van der Waals surface area contributed by atoms with Gasteiger partial charge in [0.2, 0.25) is 11.8 Å². The third kappa shape index (κ3) is 8.84. The van der Waals surface area contributed by atoms with E-state index >= 15 is 0 Å². The molecule has 1 unspecified atom stereocenters. The summed E-state index contributed by atoms with van der Waals surface area (Å²) in [5.74, 6) is 0.950. The van der Waals surface area contributed by atoms with Crippen LogP contribution in [0.3, 0.4) is 0 Å². The van der Waals surface area contributed by atoms with Gasteiger partial charge in [0.25, 0.3) is 12.3 Å². The molecule has 3 amide bonds. The van der Waals surface area contributed by atoms with E-state index in [1.165, 1.54) is 23.8 Å². The second kappa shape index (κ2) is 16.0. The van der Waals surface area contributed by atoms with E-state index in [1.54, 1.807) is 12.3 Å². The minimum atomic E-state index is -2.74. The normalized spacial score (nSPS) is 21.6. The summed E-state index contributed by atoms with van der Waals surface area (Å²) in [5.41, 5.74) is 3.78. The van der Waals surface area contributed by atoms with E-state index in [2.05, 4.69) is 38.0 Å². The standard InChI is InChI=1S/C40H47F2N7O4/c1-24(2)53-34-20-36-45-33(23-49(36)22-30(34)39(51)46-35-5-3-4-31(44-35)38(41)42)28-8-6-25(7-9-28)21-48-18-16-27(17-19-48)26-10-12-29(13-11-26)43-32-14-15-37(50)47-40(32)52/h3-5,10-13,20,22-25,27-28,32,38,43H,6-9,14-19,21H2,1-2H3,(H,44,46,51)(H,47,50,52)/t25-,28-,32?. The van der Waals surface area contributed by atoms with E-state index in [4.69, 9.17) is 9.72 Å². The Morgan fingerprint density at radius 3 is 2.40 bits per heavy atom. The van der Waals surface area contributed by atoms with Gasteiger partial charge in [-0.05, 0) is 114 Å². The van der Waals surface area contributed by atoms with Gasteiger partial charge >= 0.3 is 0 Å². The molecule has 7 rings (SSSR count). The van der Waals surface area contributed by atoms with E-state index in [-0.39, 0.29) is 35.3 Å². The summed E-state index contributed by atoms with van der Waals surface area (Å²) in [4.78, 5) is 48.3. The fraction of sp³-hybridized carbons (Fsp3) is 0.475. The van der Waals surface area contributed by atoms with Gasteiger partial charge in [-0.1, -0.05) is 18.2 Å². The summed E-state index contributed by atoms with van der Waals surface area (Å²) >= 11 is 0. The number of imide groups is 1. The zero-order chi connectivity index (χ0) is 37.1. The molecule has 0 bridgehead atoms. The van der Waals surface area contributed by atoms with Gasteiger partial charge in [-0.15, -0.1) is 0 Å². The van der Waals surface area contributed by atoms with Crippen molar-refractivity contribution in [1.29, 1.82) is 0 Å². The summed E-state index contributed by atoms with van der Waals surface area (Å²) < 4.78 is 34.2. The number of ether oxygens (including phenoxy) is 1. The van der Waals surface area contributed by atoms with Gasteiger partial charge in [-0.3, -0.25) is 19.7 Å². The van der Waals surface area contributed by atoms with Gasteiger partial charge in [0.15, 0.2) is 0 Å². The number of rotatable bonds is 11. The molecule has 3 aromatic heterocycles. The Labute approximate surface area is 307 Å². The molecule has 11 nitrogen and oxygen atoms in total. The zero-order valence-electron chi connectivity index (χ0n) is 30.2. The second-order valence-electron chi connectivity index (χ2n) is 14.9. The molecule has 5 heterocycles. The van der Waals surface area contributed by atoms with Crippen LogP contribution in [0.5, 0.6) is 5.75 Å². The molecule has 1 aliphatic carbocycles. The highest BCUT2D eigenvalue weighted by molar-refractivity contribution is 6.06. The van der Waals surface area contributed by atoms with Gasteiger partial charge in [-0.2, -0.15) is 0 Å². The maximum Gasteiger partial charge on any atom is 0.280 e. The number of aromatic nitrogens is 3. The average Bonchev–Trinajstić information content (AvgIpc) is 3.56. The molecular formula is C40H47F2N7O4. The van der Waals surface area contributed by atoms with Crippen LogP contribution in [0, 0.1) is 5.92 Å². The molecule has 1 saturated carbocycles. The number of carbonyl (C=O) groups is 3. The molecule has 2 aliphatic heterocycles. The Morgan fingerprint density at radius 1 is 0.943 bits per heavy atom. The highest BCUT2D eigenvalue weighted by Gasteiger charge is 2.29. The number of hydrogen-bond acceptors (Lipinski definition) is 8. The topological polar surface area (TPSA) is 130 Å². The van der Waals surface area contributed by atoms with E-state index in [9.17, 15) is 23.2 Å². The van der Waals surface area contributed by atoms with Crippen LogP contribution in [0.2, 0.25) is 0 Å². The van der Waals surface area contributed by atoms with Gasteiger partial charge in [0, 0.05) is 43.0 Å². The van der Waals surface area contributed by atoms with Crippen molar-refractivity contribution in [2.45, 2.75) is 95.6 Å². The van der Waals surface area contributed by atoms with Gasteiger partial charge in [-0.25, -0.2) is 18.7 Å². The van der Waals surface area contributed by atoms with Crippen molar-refractivity contribution in [3.63, 3.8) is 0 Å². The first-order valence-corrected chi connectivity index (χ1v) is 18.8. The number of hydrogen-bond donors (Lipinski definition) is 3. The maximum atomic E-state index is 13.4. The zero-order valence-corrected chi connectivity index (χ0v) is 30.2. The lowest BCUT2D eigenvalue weighted by atomic mass is 9.80. The van der Waals surface area contributed by atoms with Crippen molar-refractivity contribution in [3.8, 4) is 5.75 Å². The Kier molecular flexibility index (Phi) is 11.0. The highest BCUT2D eigenvalue weighted by atomic mass is 19.3. The number of halogens is 2. The smallest absolute Gasteiger partial charge is 0.280 e. The number of anilines is 2. The van der Waals surface area contributed by atoms with Crippen LogP contribution in [-0.2, 0) is 9.59 Å². The van der Waals surface area contributed by atoms with Crippen molar-refractivity contribution in [3.05, 3.63) is 83.4 Å². The number of amides is 3. The number of pyridine rings is 2.